The lowest BCUT2D eigenvalue weighted by atomic mass is 10.3. The van der Waals surface area contributed by atoms with Crippen LogP contribution in [0.15, 0.2) is 27.6 Å². The molecular formula is C11H14BrNO3S. The molecule has 1 aliphatic rings. The molecule has 1 aromatic rings. The van der Waals surface area contributed by atoms with Crippen molar-refractivity contribution in [3.8, 4) is 5.75 Å². The van der Waals surface area contributed by atoms with Crippen LogP contribution in [0, 0.1) is 0 Å². The minimum absolute atomic E-state index is 0.0912. The highest BCUT2D eigenvalue weighted by molar-refractivity contribution is 9.10. The van der Waals surface area contributed by atoms with E-state index < -0.39 is 10.0 Å². The molecule has 0 heterocycles. The topological polar surface area (TPSA) is 55.4 Å². The lowest BCUT2D eigenvalue weighted by Gasteiger charge is -2.11. The molecule has 1 fully saturated rings. The molecule has 1 saturated carbocycles. The predicted octanol–water partition coefficient (Wildman–Crippen LogP) is 2.29. The number of ether oxygens (including phenoxy) is 1. The van der Waals surface area contributed by atoms with E-state index in [9.17, 15) is 8.42 Å². The highest BCUT2D eigenvalue weighted by Gasteiger charge is 2.29. The van der Waals surface area contributed by atoms with E-state index in [0.717, 1.165) is 17.3 Å². The summed E-state index contributed by atoms with van der Waals surface area (Å²) >= 11 is 3.27. The molecule has 1 aromatic carbocycles. The van der Waals surface area contributed by atoms with Gasteiger partial charge in [-0.1, -0.05) is 15.9 Å². The zero-order valence-corrected chi connectivity index (χ0v) is 11.8. The van der Waals surface area contributed by atoms with Crippen molar-refractivity contribution in [2.75, 3.05) is 6.61 Å². The first-order chi connectivity index (χ1) is 8.03. The van der Waals surface area contributed by atoms with Crippen molar-refractivity contribution in [1.82, 2.24) is 4.72 Å². The largest absolute Gasteiger partial charge is 0.492 e. The van der Waals surface area contributed by atoms with Crippen LogP contribution in [0.1, 0.15) is 19.8 Å². The molecule has 1 aliphatic carbocycles. The fraction of sp³-hybridized carbons (Fsp3) is 0.455. The summed E-state index contributed by atoms with van der Waals surface area (Å²) < 4.78 is 32.9. The smallest absolute Gasteiger partial charge is 0.244 e. The molecule has 0 bridgehead atoms. The monoisotopic (exact) mass is 319 g/mol. The Labute approximate surface area is 110 Å². The van der Waals surface area contributed by atoms with Crippen LogP contribution in [0.4, 0.5) is 0 Å². The number of hydrogen-bond donors (Lipinski definition) is 1. The molecule has 6 heteroatoms. The highest BCUT2D eigenvalue weighted by Crippen LogP contribution is 2.29. The van der Waals surface area contributed by atoms with Gasteiger partial charge >= 0.3 is 0 Å². The van der Waals surface area contributed by atoms with Crippen LogP contribution in [0.25, 0.3) is 0 Å². The average molecular weight is 320 g/mol. The number of nitrogens with one attached hydrogen (secondary N) is 1. The zero-order chi connectivity index (χ0) is 12.5. The van der Waals surface area contributed by atoms with Gasteiger partial charge in [-0.2, -0.15) is 0 Å². The number of benzene rings is 1. The van der Waals surface area contributed by atoms with E-state index in [4.69, 9.17) is 4.74 Å². The van der Waals surface area contributed by atoms with Crippen LogP contribution in [0.3, 0.4) is 0 Å². The van der Waals surface area contributed by atoms with E-state index in [-0.39, 0.29) is 10.9 Å². The van der Waals surface area contributed by atoms with Crippen molar-refractivity contribution in [2.45, 2.75) is 30.7 Å². The van der Waals surface area contributed by atoms with E-state index in [1.54, 1.807) is 18.2 Å². The third-order valence-electron chi connectivity index (χ3n) is 2.39. The quantitative estimate of drug-likeness (QED) is 0.906. The molecule has 0 aromatic heterocycles. The van der Waals surface area contributed by atoms with Crippen LogP contribution in [-0.2, 0) is 10.0 Å². The normalized spacial score (nSPS) is 15.9. The van der Waals surface area contributed by atoms with Gasteiger partial charge in [0.2, 0.25) is 10.0 Å². The van der Waals surface area contributed by atoms with E-state index in [1.807, 2.05) is 6.92 Å². The Morgan fingerprint density at radius 3 is 2.76 bits per heavy atom. The van der Waals surface area contributed by atoms with Crippen LogP contribution in [0.5, 0.6) is 5.75 Å². The van der Waals surface area contributed by atoms with Crippen LogP contribution >= 0.6 is 15.9 Å². The Morgan fingerprint density at radius 1 is 1.47 bits per heavy atom. The van der Waals surface area contributed by atoms with Gasteiger partial charge < -0.3 is 4.74 Å². The molecule has 2 rings (SSSR count). The Bertz CT molecular complexity index is 511. The molecule has 17 heavy (non-hydrogen) atoms. The molecule has 0 unspecified atom stereocenters. The Hall–Kier alpha value is -0.590. The van der Waals surface area contributed by atoms with Gasteiger partial charge in [-0.15, -0.1) is 0 Å². The van der Waals surface area contributed by atoms with Crippen molar-refractivity contribution < 1.29 is 13.2 Å². The molecule has 0 atom stereocenters. The van der Waals surface area contributed by atoms with Crippen molar-refractivity contribution in [3.63, 3.8) is 0 Å². The molecule has 0 radical (unpaired) electrons. The maximum Gasteiger partial charge on any atom is 0.244 e. The van der Waals surface area contributed by atoms with Crippen LogP contribution in [0.2, 0.25) is 0 Å². The summed E-state index contributed by atoms with van der Waals surface area (Å²) in [5.74, 6) is 0.392. The first-order valence-corrected chi connectivity index (χ1v) is 7.75. The minimum Gasteiger partial charge on any atom is -0.492 e. The second kappa shape index (κ2) is 4.96. The molecule has 0 aliphatic heterocycles. The molecule has 0 spiro atoms. The van der Waals surface area contributed by atoms with E-state index in [0.29, 0.717) is 12.4 Å². The maximum absolute atomic E-state index is 12.1. The third-order valence-corrected chi connectivity index (χ3v) is 4.43. The summed E-state index contributed by atoms with van der Waals surface area (Å²) in [4.78, 5) is 0.195. The lowest BCUT2D eigenvalue weighted by molar-refractivity contribution is 0.331. The third kappa shape index (κ3) is 3.20. The van der Waals surface area contributed by atoms with Crippen LogP contribution < -0.4 is 9.46 Å². The first kappa shape index (κ1) is 12.9. The Kier molecular flexibility index (Phi) is 3.75. The average Bonchev–Trinajstić information content (AvgIpc) is 3.04. The van der Waals surface area contributed by atoms with Gasteiger partial charge in [0.05, 0.1) is 6.61 Å². The maximum atomic E-state index is 12.1. The van der Waals surface area contributed by atoms with Gasteiger partial charge in [-0.25, -0.2) is 13.1 Å². The summed E-state index contributed by atoms with van der Waals surface area (Å²) in [6.07, 6.45) is 1.83. The number of rotatable bonds is 5. The minimum atomic E-state index is -3.48. The highest BCUT2D eigenvalue weighted by atomic mass is 79.9. The summed E-state index contributed by atoms with van der Waals surface area (Å²) in [6, 6.07) is 5.08. The molecular weight excluding hydrogens is 306 g/mol. The number of halogens is 1. The van der Waals surface area contributed by atoms with Crippen molar-refractivity contribution in [1.29, 1.82) is 0 Å². The fourth-order valence-electron chi connectivity index (χ4n) is 1.45. The van der Waals surface area contributed by atoms with Gasteiger partial charge in [0.25, 0.3) is 0 Å². The van der Waals surface area contributed by atoms with Gasteiger partial charge in [0.1, 0.15) is 10.6 Å². The SMILES string of the molecule is CCOc1ccc(Br)cc1S(=O)(=O)NC1CC1. The second-order valence-electron chi connectivity index (χ2n) is 3.92. The van der Waals surface area contributed by atoms with Gasteiger partial charge in [-0.3, -0.25) is 0 Å². The van der Waals surface area contributed by atoms with E-state index in [2.05, 4.69) is 20.7 Å². The molecule has 1 N–H and O–H groups in total. The first-order valence-electron chi connectivity index (χ1n) is 5.47. The number of sulfonamides is 1. The summed E-state index contributed by atoms with van der Waals surface area (Å²) in [5.41, 5.74) is 0. The summed E-state index contributed by atoms with van der Waals surface area (Å²) in [5, 5.41) is 0. The Morgan fingerprint density at radius 2 is 2.18 bits per heavy atom. The summed E-state index contributed by atoms with van der Waals surface area (Å²) in [6.45, 7) is 2.26. The fourth-order valence-corrected chi connectivity index (χ4v) is 3.44. The predicted molar refractivity (Wildman–Crippen MR) is 68.7 cm³/mol. The molecule has 0 saturated heterocycles. The summed E-state index contributed by atoms with van der Waals surface area (Å²) in [7, 11) is -3.48. The van der Waals surface area contributed by atoms with Gasteiger partial charge in [-0.05, 0) is 38.0 Å². The van der Waals surface area contributed by atoms with Crippen LogP contribution in [-0.4, -0.2) is 21.1 Å². The number of hydrogen-bond acceptors (Lipinski definition) is 3. The van der Waals surface area contributed by atoms with Gasteiger partial charge in [0.15, 0.2) is 0 Å². The van der Waals surface area contributed by atoms with Gasteiger partial charge in [0, 0.05) is 10.5 Å². The Balaban J connectivity index is 2.36. The van der Waals surface area contributed by atoms with E-state index >= 15 is 0 Å². The zero-order valence-electron chi connectivity index (χ0n) is 9.44. The standard InChI is InChI=1S/C11H14BrNO3S/c1-2-16-10-6-3-8(12)7-11(10)17(14,15)13-9-4-5-9/h3,6-7,9,13H,2,4-5H2,1H3. The van der Waals surface area contributed by atoms with Crippen molar-refractivity contribution >= 4 is 26.0 Å². The van der Waals surface area contributed by atoms with E-state index in [1.165, 1.54) is 0 Å². The second-order valence-corrected chi connectivity index (χ2v) is 6.52. The lowest BCUT2D eigenvalue weighted by Crippen LogP contribution is -2.26. The molecule has 0 amide bonds. The molecule has 4 nitrogen and oxygen atoms in total. The molecule has 94 valence electrons. The van der Waals surface area contributed by atoms with Crippen molar-refractivity contribution in [2.24, 2.45) is 0 Å². The van der Waals surface area contributed by atoms with Crippen molar-refractivity contribution in [3.05, 3.63) is 22.7 Å².